The van der Waals surface area contributed by atoms with Crippen molar-refractivity contribution in [2.45, 2.75) is 19.8 Å². The third kappa shape index (κ3) is 2.76. The van der Waals surface area contributed by atoms with E-state index in [0.29, 0.717) is 12.1 Å². The molecule has 0 unspecified atom stereocenters. The highest BCUT2D eigenvalue weighted by atomic mass is 79.9. The maximum absolute atomic E-state index is 10.5. The van der Waals surface area contributed by atoms with Gasteiger partial charge in [0, 0.05) is 10.9 Å². The molecule has 0 radical (unpaired) electrons. The van der Waals surface area contributed by atoms with Crippen LogP contribution in [0.3, 0.4) is 0 Å². The summed E-state index contributed by atoms with van der Waals surface area (Å²) < 4.78 is 2.61. The summed E-state index contributed by atoms with van der Waals surface area (Å²) >= 11 is 3.51. The minimum atomic E-state index is -0.832. The molecule has 0 saturated carbocycles. The molecule has 1 heterocycles. The van der Waals surface area contributed by atoms with Gasteiger partial charge in [0.25, 0.3) is 0 Å². The molecule has 2 rings (SSSR count). The highest BCUT2D eigenvalue weighted by molar-refractivity contribution is 9.10. The first kappa shape index (κ1) is 12.8. The van der Waals surface area contributed by atoms with Crippen molar-refractivity contribution < 1.29 is 9.90 Å². The highest BCUT2D eigenvalue weighted by Gasteiger charge is 2.08. The van der Waals surface area contributed by atoms with Crippen molar-refractivity contribution >= 4 is 21.9 Å². The number of carboxylic acids is 1. The first-order chi connectivity index (χ1) is 8.58. The zero-order chi connectivity index (χ0) is 13.1. The molecule has 6 heteroatoms. The van der Waals surface area contributed by atoms with E-state index in [2.05, 4.69) is 26.2 Å². The monoisotopic (exact) mass is 309 g/mol. The molecule has 0 spiro atoms. The van der Waals surface area contributed by atoms with Crippen molar-refractivity contribution in [2.75, 3.05) is 0 Å². The number of aryl methyl sites for hydroxylation is 2. The van der Waals surface area contributed by atoms with Gasteiger partial charge in [0.05, 0.1) is 24.0 Å². The van der Waals surface area contributed by atoms with E-state index >= 15 is 0 Å². The smallest absolute Gasteiger partial charge is 0.303 e. The standard InChI is InChI=1S/C12H12BrN3O2/c1-8-3-2-4-10(12(8)13)16-7-9(14-15-16)5-6-11(17)18/h2-4,7H,5-6H2,1H3,(H,17,18). The second-order valence-electron chi connectivity index (χ2n) is 3.96. The van der Waals surface area contributed by atoms with Crippen molar-refractivity contribution in [1.29, 1.82) is 0 Å². The van der Waals surface area contributed by atoms with E-state index in [1.54, 1.807) is 10.9 Å². The van der Waals surface area contributed by atoms with E-state index in [0.717, 1.165) is 15.7 Å². The lowest BCUT2D eigenvalue weighted by atomic mass is 10.2. The van der Waals surface area contributed by atoms with E-state index in [1.807, 2.05) is 25.1 Å². The predicted molar refractivity (Wildman–Crippen MR) is 69.8 cm³/mol. The Morgan fingerprint density at radius 2 is 2.28 bits per heavy atom. The first-order valence-corrected chi connectivity index (χ1v) is 6.25. The van der Waals surface area contributed by atoms with Gasteiger partial charge in [-0.2, -0.15) is 0 Å². The molecule has 18 heavy (non-hydrogen) atoms. The average molecular weight is 310 g/mol. The topological polar surface area (TPSA) is 68.0 Å². The molecule has 1 aromatic heterocycles. The number of aliphatic carboxylic acids is 1. The number of hydrogen-bond acceptors (Lipinski definition) is 3. The van der Waals surface area contributed by atoms with Crippen LogP contribution in [0.1, 0.15) is 17.7 Å². The minimum Gasteiger partial charge on any atom is -0.481 e. The molecule has 0 amide bonds. The number of halogens is 1. The third-order valence-electron chi connectivity index (χ3n) is 2.55. The molecule has 0 aliphatic rings. The molecule has 0 aliphatic carbocycles. The van der Waals surface area contributed by atoms with Gasteiger partial charge in [0.15, 0.2) is 0 Å². The summed E-state index contributed by atoms with van der Waals surface area (Å²) in [5.41, 5.74) is 2.67. The lowest BCUT2D eigenvalue weighted by Gasteiger charge is -2.05. The Bertz CT molecular complexity index is 580. The third-order valence-corrected chi connectivity index (χ3v) is 3.59. The van der Waals surface area contributed by atoms with Gasteiger partial charge in [0.2, 0.25) is 0 Å². The number of aromatic nitrogens is 3. The molecule has 1 N–H and O–H groups in total. The number of benzene rings is 1. The zero-order valence-corrected chi connectivity index (χ0v) is 11.4. The van der Waals surface area contributed by atoms with Crippen LogP contribution in [0.25, 0.3) is 5.69 Å². The van der Waals surface area contributed by atoms with E-state index in [9.17, 15) is 4.79 Å². The second kappa shape index (κ2) is 5.30. The molecular formula is C12H12BrN3O2. The molecule has 94 valence electrons. The van der Waals surface area contributed by atoms with Crippen LogP contribution in [0, 0.1) is 6.92 Å². The summed E-state index contributed by atoms with van der Waals surface area (Å²) in [4.78, 5) is 10.5. The van der Waals surface area contributed by atoms with Gasteiger partial charge in [0.1, 0.15) is 0 Å². The second-order valence-corrected chi connectivity index (χ2v) is 4.75. The van der Waals surface area contributed by atoms with Crippen LogP contribution >= 0.6 is 15.9 Å². The Labute approximate surface area is 113 Å². The average Bonchev–Trinajstić information content (AvgIpc) is 2.78. The fourth-order valence-electron chi connectivity index (χ4n) is 1.57. The van der Waals surface area contributed by atoms with Crippen LogP contribution in [0.5, 0.6) is 0 Å². The summed E-state index contributed by atoms with van der Waals surface area (Å²) in [7, 11) is 0. The molecule has 0 atom stereocenters. The van der Waals surface area contributed by atoms with Crippen LogP contribution in [0.4, 0.5) is 0 Å². The highest BCUT2D eigenvalue weighted by Crippen LogP contribution is 2.24. The number of nitrogens with zero attached hydrogens (tertiary/aromatic N) is 3. The molecule has 0 fully saturated rings. The normalized spacial score (nSPS) is 10.6. The molecule has 1 aromatic carbocycles. The summed E-state index contributed by atoms with van der Waals surface area (Å²) in [5, 5.41) is 16.6. The molecule has 2 aromatic rings. The van der Waals surface area contributed by atoms with E-state index in [-0.39, 0.29) is 6.42 Å². The van der Waals surface area contributed by atoms with Gasteiger partial charge >= 0.3 is 5.97 Å². The van der Waals surface area contributed by atoms with Gasteiger partial charge in [-0.05, 0) is 34.5 Å². The van der Waals surface area contributed by atoms with E-state index in [4.69, 9.17) is 5.11 Å². The summed E-state index contributed by atoms with van der Waals surface area (Å²) in [5.74, 6) is -0.832. The van der Waals surface area contributed by atoms with Gasteiger partial charge in [-0.3, -0.25) is 4.79 Å². The van der Waals surface area contributed by atoms with Crippen LogP contribution in [-0.4, -0.2) is 26.1 Å². The number of rotatable bonds is 4. The molecular weight excluding hydrogens is 298 g/mol. The lowest BCUT2D eigenvalue weighted by molar-refractivity contribution is -0.136. The lowest BCUT2D eigenvalue weighted by Crippen LogP contribution is -1.98. The largest absolute Gasteiger partial charge is 0.481 e. The number of hydrogen-bond donors (Lipinski definition) is 1. The van der Waals surface area contributed by atoms with Crippen LogP contribution < -0.4 is 0 Å². The van der Waals surface area contributed by atoms with Crippen LogP contribution in [-0.2, 0) is 11.2 Å². The van der Waals surface area contributed by atoms with Gasteiger partial charge < -0.3 is 5.11 Å². The van der Waals surface area contributed by atoms with Crippen molar-refractivity contribution in [3.63, 3.8) is 0 Å². The number of carboxylic acid groups (broad SMARTS) is 1. The Balaban J connectivity index is 2.24. The predicted octanol–water partition coefficient (Wildman–Crippen LogP) is 2.36. The molecule has 0 saturated heterocycles. The fourth-order valence-corrected chi connectivity index (χ4v) is 2.02. The minimum absolute atomic E-state index is 0.0632. The van der Waals surface area contributed by atoms with E-state index in [1.165, 1.54) is 0 Å². The fraction of sp³-hybridized carbons (Fsp3) is 0.250. The van der Waals surface area contributed by atoms with Gasteiger partial charge in [-0.1, -0.05) is 17.3 Å². The number of carbonyl (C=O) groups is 1. The van der Waals surface area contributed by atoms with Gasteiger partial charge in [-0.15, -0.1) is 5.10 Å². The molecule has 0 aliphatic heterocycles. The Hall–Kier alpha value is -1.69. The van der Waals surface area contributed by atoms with Crippen molar-refractivity contribution in [1.82, 2.24) is 15.0 Å². The SMILES string of the molecule is Cc1cccc(-n2cc(CCC(=O)O)nn2)c1Br. The maximum atomic E-state index is 10.5. The van der Waals surface area contributed by atoms with E-state index < -0.39 is 5.97 Å². The summed E-state index contributed by atoms with van der Waals surface area (Å²) in [6.45, 7) is 2.00. The van der Waals surface area contributed by atoms with Crippen LogP contribution in [0.15, 0.2) is 28.9 Å². The van der Waals surface area contributed by atoms with Crippen molar-refractivity contribution in [2.24, 2.45) is 0 Å². The van der Waals surface area contributed by atoms with Crippen molar-refractivity contribution in [3.8, 4) is 5.69 Å². The first-order valence-electron chi connectivity index (χ1n) is 5.46. The van der Waals surface area contributed by atoms with Crippen molar-refractivity contribution in [3.05, 3.63) is 40.1 Å². The Morgan fingerprint density at radius 3 is 3.00 bits per heavy atom. The summed E-state index contributed by atoms with van der Waals surface area (Å²) in [6, 6.07) is 5.86. The Morgan fingerprint density at radius 1 is 1.50 bits per heavy atom. The van der Waals surface area contributed by atoms with Gasteiger partial charge in [-0.25, -0.2) is 4.68 Å². The Kier molecular flexibility index (Phi) is 3.76. The van der Waals surface area contributed by atoms with Crippen LogP contribution in [0.2, 0.25) is 0 Å². The summed E-state index contributed by atoms with van der Waals surface area (Å²) in [6.07, 6.45) is 2.20. The molecule has 5 nitrogen and oxygen atoms in total. The quantitative estimate of drug-likeness (QED) is 0.941. The molecule has 0 bridgehead atoms. The zero-order valence-electron chi connectivity index (χ0n) is 9.80. The maximum Gasteiger partial charge on any atom is 0.303 e.